The van der Waals surface area contributed by atoms with Crippen LogP contribution in [0.25, 0.3) is 0 Å². The number of aromatic hydroxyl groups is 1. The van der Waals surface area contributed by atoms with Crippen LogP contribution in [0.2, 0.25) is 5.02 Å². The van der Waals surface area contributed by atoms with Gasteiger partial charge in [-0.25, -0.2) is 4.39 Å². The minimum Gasteiger partial charge on any atom is -0.503 e. The number of hydrogen-bond acceptors (Lipinski definition) is 2. The van der Waals surface area contributed by atoms with Crippen LogP contribution in [-0.4, -0.2) is 16.4 Å². The molecule has 6 heteroatoms. The fraction of sp³-hybridized carbons (Fsp3) is 0.222. The number of alkyl halides is 1. The number of rotatable bonds is 2. The van der Waals surface area contributed by atoms with E-state index in [0.29, 0.717) is 0 Å². The third kappa shape index (κ3) is 2.97. The highest BCUT2D eigenvalue weighted by Crippen LogP contribution is 2.30. The van der Waals surface area contributed by atoms with Gasteiger partial charge in [-0.3, -0.25) is 4.79 Å². The lowest BCUT2D eigenvalue weighted by molar-refractivity contribution is -0.115. The maximum Gasteiger partial charge on any atom is 0.242 e. The lowest BCUT2D eigenvalue weighted by Gasteiger charge is -2.09. The van der Waals surface area contributed by atoms with Crippen molar-refractivity contribution in [2.45, 2.75) is 12.3 Å². The number of hydrogen-bond donors (Lipinski definition) is 2. The molecule has 1 rings (SSSR count). The largest absolute Gasteiger partial charge is 0.503 e. The topological polar surface area (TPSA) is 49.3 Å². The SMILES string of the molecule is CC(Cl)C(=O)Nc1cc(Cl)cc(F)c1O. The van der Waals surface area contributed by atoms with Crippen LogP contribution in [0.3, 0.4) is 0 Å². The van der Waals surface area contributed by atoms with Gasteiger partial charge in [0.05, 0.1) is 5.69 Å². The Morgan fingerprint density at radius 3 is 2.73 bits per heavy atom. The molecule has 0 spiro atoms. The van der Waals surface area contributed by atoms with Gasteiger partial charge in [0.25, 0.3) is 0 Å². The van der Waals surface area contributed by atoms with E-state index < -0.39 is 22.9 Å². The maximum atomic E-state index is 13.0. The quantitative estimate of drug-likeness (QED) is 0.628. The van der Waals surface area contributed by atoms with Crippen molar-refractivity contribution in [2.75, 3.05) is 5.32 Å². The van der Waals surface area contributed by atoms with Gasteiger partial charge in [-0.1, -0.05) is 11.6 Å². The van der Waals surface area contributed by atoms with Gasteiger partial charge in [0.2, 0.25) is 5.91 Å². The minimum atomic E-state index is -0.903. The smallest absolute Gasteiger partial charge is 0.242 e. The Bertz CT molecular complexity index is 396. The van der Waals surface area contributed by atoms with Crippen molar-refractivity contribution in [3.05, 3.63) is 23.0 Å². The zero-order valence-electron chi connectivity index (χ0n) is 7.72. The Kier molecular flexibility index (Phi) is 3.77. The van der Waals surface area contributed by atoms with Crippen molar-refractivity contribution in [3.8, 4) is 5.75 Å². The predicted octanol–water partition coefficient (Wildman–Crippen LogP) is 2.75. The lowest BCUT2D eigenvalue weighted by atomic mass is 10.2. The van der Waals surface area contributed by atoms with E-state index >= 15 is 0 Å². The van der Waals surface area contributed by atoms with Gasteiger partial charge in [0, 0.05) is 5.02 Å². The van der Waals surface area contributed by atoms with Crippen LogP contribution >= 0.6 is 23.2 Å². The molecule has 0 heterocycles. The Morgan fingerprint density at radius 2 is 2.20 bits per heavy atom. The molecular formula is C9H8Cl2FNO2. The summed E-state index contributed by atoms with van der Waals surface area (Å²) in [7, 11) is 0. The van der Waals surface area contributed by atoms with E-state index in [9.17, 15) is 14.3 Å². The van der Waals surface area contributed by atoms with Gasteiger partial charge in [-0.05, 0) is 19.1 Å². The molecule has 0 aromatic heterocycles. The van der Waals surface area contributed by atoms with E-state index in [4.69, 9.17) is 23.2 Å². The molecule has 82 valence electrons. The second kappa shape index (κ2) is 4.68. The van der Waals surface area contributed by atoms with Crippen molar-refractivity contribution < 1.29 is 14.3 Å². The first-order valence-corrected chi connectivity index (χ1v) is 4.86. The zero-order chi connectivity index (χ0) is 11.6. The Morgan fingerprint density at radius 1 is 1.60 bits per heavy atom. The Balaban J connectivity index is 2.99. The highest BCUT2D eigenvalue weighted by molar-refractivity contribution is 6.33. The van der Waals surface area contributed by atoms with Crippen LogP contribution in [-0.2, 0) is 4.79 Å². The summed E-state index contributed by atoms with van der Waals surface area (Å²) in [6.07, 6.45) is 0. The second-order valence-electron chi connectivity index (χ2n) is 2.89. The van der Waals surface area contributed by atoms with E-state index in [-0.39, 0.29) is 10.7 Å². The first kappa shape index (κ1) is 12.1. The summed E-state index contributed by atoms with van der Waals surface area (Å²) in [5.74, 6) is -2.11. The fourth-order valence-corrected chi connectivity index (χ4v) is 1.15. The van der Waals surface area contributed by atoms with Gasteiger partial charge < -0.3 is 10.4 Å². The van der Waals surface area contributed by atoms with Crippen molar-refractivity contribution >= 4 is 34.8 Å². The standard InChI is InChI=1S/C9H8Cl2FNO2/c1-4(10)9(15)13-7-3-5(11)2-6(12)8(7)14/h2-4,14H,1H3,(H,13,15). The third-order valence-electron chi connectivity index (χ3n) is 1.65. The van der Waals surface area contributed by atoms with Crippen LogP contribution in [0.15, 0.2) is 12.1 Å². The lowest BCUT2D eigenvalue weighted by Crippen LogP contribution is -2.20. The summed E-state index contributed by atoms with van der Waals surface area (Å²) >= 11 is 11.0. The summed E-state index contributed by atoms with van der Waals surface area (Å²) in [6.45, 7) is 1.45. The summed E-state index contributed by atoms with van der Waals surface area (Å²) < 4.78 is 13.0. The Hall–Kier alpha value is -1.00. The number of benzene rings is 1. The number of amides is 1. The zero-order valence-corrected chi connectivity index (χ0v) is 9.23. The van der Waals surface area contributed by atoms with Crippen molar-refractivity contribution in [1.82, 2.24) is 0 Å². The molecule has 0 saturated heterocycles. The predicted molar refractivity (Wildman–Crippen MR) is 57.0 cm³/mol. The monoisotopic (exact) mass is 251 g/mol. The molecule has 1 amide bonds. The van der Waals surface area contributed by atoms with Crippen LogP contribution < -0.4 is 5.32 Å². The molecule has 0 aliphatic heterocycles. The number of halogens is 3. The van der Waals surface area contributed by atoms with Crippen LogP contribution in [0.5, 0.6) is 5.75 Å². The van der Waals surface area contributed by atoms with E-state index in [1.807, 2.05) is 0 Å². The molecule has 0 fully saturated rings. The first-order chi connectivity index (χ1) is 6.91. The van der Waals surface area contributed by atoms with Gasteiger partial charge in [0.1, 0.15) is 5.38 Å². The molecule has 0 aliphatic carbocycles. The molecule has 0 saturated carbocycles. The van der Waals surface area contributed by atoms with E-state index in [0.717, 1.165) is 6.07 Å². The third-order valence-corrected chi connectivity index (χ3v) is 2.06. The Labute approximate surface area is 95.8 Å². The molecule has 1 unspecified atom stereocenters. The number of phenols is 1. The van der Waals surface area contributed by atoms with E-state index in [2.05, 4.69) is 5.32 Å². The summed E-state index contributed by atoms with van der Waals surface area (Å²) in [5, 5.41) is 10.8. The summed E-state index contributed by atoms with van der Waals surface area (Å²) in [4.78, 5) is 11.2. The number of phenolic OH excluding ortho intramolecular Hbond substituents is 1. The average molecular weight is 252 g/mol. The first-order valence-electron chi connectivity index (χ1n) is 4.04. The second-order valence-corrected chi connectivity index (χ2v) is 3.98. The molecule has 2 N–H and O–H groups in total. The summed E-state index contributed by atoms with van der Waals surface area (Å²) in [6, 6.07) is 2.17. The number of anilines is 1. The molecule has 1 aromatic rings. The number of carbonyl (C=O) groups excluding carboxylic acids is 1. The van der Waals surface area contributed by atoms with E-state index in [1.165, 1.54) is 13.0 Å². The highest BCUT2D eigenvalue weighted by atomic mass is 35.5. The molecule has 0 radical (unpaired) electrons. The molecule has 0 bridgehead atoms. The summed E-state index contributed by atoms with van der Waals surface area (Å²) in [5.41, 5.74) is -0.0995. The van der Waals surface area contributed by atoms with Gasteiger partial charge in [-0.15, -0.1) is 11.6 Å². The molecule has 15 heavy (non-hydrogen) atoms. The van der Waals surface area contributed by atoms with Gasteiger partial charge >= 0.3 is 0 Å². The van der Waals surface area contributed by atoms with Crippen LogP contribution in [0.4, 0.5) is 10.1 Å². The van der Waals surface area contributed by atoms with Gasteiger partial charge in [0.15, 0.2) is 11.6 Å². The number of carbonyl (C=O) groups is 1. The fourth-order valence-electron chi connectivity index (χ4n) is 0.893. The molecular weight excluding hydrogens is 244 g/mol. The number of nitrogens with one attached hydrogen (secondary N) is 1. The highest BCUT2D eigenvalue weighted by Gasteiger charge is 2.14. The molecule has 3 nitrogen and oxygen atoms in total. The average Bonchev–Trinajstić information content (AvgIpc) is 2.13. The molecule has 0 aliphatic rings. The normalized spacial score (nSPS) is 12.3. The van der Waals surface area contributed by atoms with Crippen molar-refractivity contribution in [1.29, 1.82) is 0 Å². The van der Waals surface area contributed by atoms with Gasteiger partial charge in [-0.2, -0.15) is 0 Å². The van der Waals surface area contributed by atoms with Crippen molar-refractivity contribution in [3.63, 3.8) is 0 Å². The molecule has 1 atom stereocenters. The molecule has 1 aromatic carbocycles. The van der Waals surface area contributed by atoms with Crippen LogP contribution in [0, 0.1) is 5.82 Å². The van der Waals surface area contributed by atoms with Crippen molar-refractivity contribution in [2.24, 2.45) is 0 Å². The maximum absolute atomic E-state index is 13.0. The van der Waals surface area contributed by atoms with Crippen LogP contribution in [0.1, 0.15) is 6.92 Å². The van der Waals surface area contributed by atoms with E-state index in [1.54, 1.807) is 0 Å². The minimum absolute atomic E-state index is 0.0721.